The van der Waals surface area contributed by atoms with Crippen LogP contribution in [0.4, 0.5) is 8.78 Å². The Balaban J connectivity index is 0.953. The van der Waals surface area contributed by atoms with Crippen molar-refractivity contribution < 1.29 is 8.78 Å². The molecular weight excluding hydrogens is 723 g/mol. The Morgan fingerprint density at radius 3 is 1.21 bits per heavy atom. The largest absolute Gasteiger partial charge is 0.252 e. The minimum atomic E-state index is -0.278. The van der Waals surface area contributed by atoms with E-state index in [1.165, 1.54) is 29.6 Å². The molecule has 52 heavy (non-hydrogen) atoms. The van der Waals surface area contributed by atoms with E-state index >= 15 is 8.78 Å². The van der Waals surface area contributed by atoms with Crippen LogP contribution in [-0.4, -0.2) is 9.97 Å². The van der Waals surface area contributed by atoms with Crippen LogP contribution >= 0.6 is 45.3 Å². The van der Waals surface area contributed by atoms with Crippen molar-refractivity contribution in [2.24, 2.45) is 0 Å². The van der Waals surface area contributed by atoms with Crippen LogP contribution in [0, 0.1) is 11.6 Å². The fourth-order valence-electron chi connectivity index (χ4n) is 7.65. The van der Waals surface area contributed by atoms with Crippen LogP contribution < -0.4 is 0 Å². The second-order valence-electron chi connectivity index (χ2n) is 13.3. The van der Waals surface area contributed by atoms with Gasteiger partial charge >= 0.3 is 0 Å². The number of halogens is 2. The Bertz CT molecular complexity index is 3280. The zero-order valence-corrected chi connectivity index (χ0v) is 30.1. The summed E-state index contributed by atoms with van der Waals surface area (Å²) in [5.74, 6) is -0.557. The van der Waals surface area contributed by atoms with Crippen LogP contribution in [-0.2, 0) is 0 Å². The van der Waals surface area contributed by atoms with E-state index in [9.17, 15) is 0 Å². The van der Waals surface area contributed by atoms with Crippen molar-refractivity contribution in [1.29, 1.82) is 0 Å². The lowest BCUT2D eigenvalue weighted by atomic mass is 10.0. The first-order valence-corrected chi connectivity index (χ1v) is 20.0. The number of hydrogen-bond donors (Lipinski definition) is 0. The summed E-state index contributed by atoms with van der Waals surface area (Å²) in [7, 11) is 0. The van der Waals surface area contributed by atoms with Gasteiger partial charge in [0.25, 0.3) is 0 Å². The smallest absolute Gasteiger partial charge is 0.158 e. The predicted molar refractivity (Wildman–Crippen MR) is 222 cm³/mol. The summed E-state index contributed by atoms with van der Waals surface area (Å²) in [4.78, 5) is 10.9. The first-order valence-electron chi connectivity index (χ1n) is 16.7. The first-order chi connectivity index (χ1) is 25.5. The lowest BCUT2D eigenvalue weighted by Gasteiger charge is -2.06. The second kappa shape index (κ2) is 10.6. The molecule has 6 aromatic carbocycles. The summed E-state index contributed by atoms with van der Waals surface area (Å²) in [6.45, 7) is 0. The van der Waals surface area contributed by atoms with E-state index in [-0.39, 0.29) is 11.6 Å². The summed E-state index contributed by atoms with van der Waals surface area (Å²) < 4.78 is 39.2. The van der Waals surface area contributed by atoms with Gasteiger partial charge in [-0.2, -0.15) is 0 Å². The lowest BCUT2D eigenvalue weighted by Crippen LogP contribution is -1.90. The molecule has 0 saturated heterocycles. The van der Waals surface area contributed by atoms with Gasteiger partial charge in [-0.15, -0.1) is 45.3 Å². The minimum Gasteiger partial charge on any atom is -0.252 e. The highest BCUT2D eigenvalue weighted by molar-refractivity contribution is 7.37. The summed E-state index contributed by atoms with van der Waals surface area (Å²) in [6, 6.07) is 37.1. The Morgan fingerprint density at radius 1 is 0.365 bits per heavy atom. The van der Waals surface area contributed by atoms with E-state index in [1.54, 1.807) is 57.7 Å². The number of fused-ring (bicyclic) bond motifs is 11. The van der Waals surface area contributed by atoms with Crippen LogP contribution in [0.5, 0.6) is 0 Å². The molecule has 0 aliphatic rings. The van der Waals surface area contributed by atoms with E-state index in [2.05, 4.69) is 46.4 Å². The maximum absolute atomic E-state index is 16.0. The Labute approximate surface area is 309 Å². The average Bonchev–Trinajstić information content (AvgIpc) is 3.93. The average molecular weight is 743 g/mol. The molecule has 244 valence electrons. The normalized spacial score (nSPS) is 12.4. The van der Waals surface area contributed by atoms with E-state index in [1.807, 2.05) is 72.8 Å². The molecule has 0 N–H and O–H groups in total. The highest BCUT2D eigenvalue weighted by Gasteiger charge is 2.20. The molecule has 0 saturated carbocycles. The van der Waals surface area contributed by atoms with Gasteiger partial charge in [-0.05, 0) is 93.0 Å². The van der Waals surface area contributed by atoms with Gasteiger partial charge in [0.1, 0.15) is 11.4 Å². The number of benzene rings is 6. The molecule has 0 radical (unpaired) electrons. The van der Waals surface area contributed by atoms with E-state index in [4.69, 9.17) is 0 Å². The van der Waals surface area contributed by atoms with Gasteiger partial charge in [0.2, 0.25) is 0 Å². The van der Waals surface area contributed by atoms with Crippen LogP contribution in [0.1, 0.15) is 0 Å². The first kappa shape index (κ1) is 29.2. The fraction of sp³-hybridized carbons (Fsp3) is 0. The number of rotatable bonds is 2. The van der Waals surface area contributed by atoms with Crippen molar-refractivity contribution in [2.75, 3.05) is 0 Å². The van der Waals surface area contributed by atoms with Gasteiger partial charge in [0, 0.05) is 63.5 Å². The van der Waals surface area contributed by atoms with Gasteiger partial charge in [-0.3, -0.25) is 9.97 Å². The van der Waals surface area contributed by atoms with Crippen LogP contribution in [0.15, 0.2) is 122 Å². The minimum absolute atomic E-state index is 0.278. The number of thiophene rings is 4. The number of pyridine rings is 2. The van der Waals surface area contributed by atoms with E-state index in [0.717, 1.165) is 62.2 Å². The Kier molecular flexibility index (Phi) is 5.95. The topological polar surface area (TPSA) is 25.8 Å². The highest BCUT2D eigenvalue weighted by atomic mass is 32.1. The van der Waals surface area contributed by atoms with Gasteiger partial charge in [0.05, 0.1) is 19.2 Å². The molecular formula is C44H20F2N2S4. The molecule has 0 amide bonds. The van der Waals surface area contributed by atoms with E-state index < -0.39 is 0 Å². The van der Waals surface area contributed by atoms with Gasteiger partial charge < -0.3 is 0 Å². The summed E-state index contributed by atoms with van der Waals surface area (Å²) >= 11 is 6.77. The molecule has 0 unspecified atom stereocenters. The van der Waals surface area contributed by atoms with Crippen LogP contribution in [0.25, 0.3) is 114 Å². The molecule has 0 fully saturated rings. The molecule has 6 heterocycles. The van der Waals surface area contributed by atoms with Crippen molar-refractivity contribution >= 4 is 138 Å². The van der Waals surface area contributed by atoms with Gasteiger partial charge in [-0.25, -0.2) is 8.78 Å². The van der Waals surface area contributed by atoms with Crippen molar-refractivity contribution in [3.8, 4) is 21.1 Å². The number of nitrogens with zero attached hydrogens (tertiary/aromatic N) is 2. The Morgan fingerprint density at radius 2 is 0.769 bits per heavy atom. The van der Waals surface area contributed by atoms with E-state index in [0.29, 0.717) is 22.2 Å². The number of hydrogen-bond acceptors (Lipinski definition) is 6. The van der Waals surface area contributed by atoms with Crippen molar-refractivity contribution in [2.45, 2.75) is 0 Å². The van der Waals surface area contributed by atoms with Crippen molar-refractivity contribution in [1.82, 2.24) is 9.97 Å². The molecule has 2 nitrogen and oxygen atoms in total. The highest BCUT2D eigenvalue weighted by Crippen LogP contribution is 2.49. The molecule has 0 atom stereocenters. The molecule has 8 heteroatoms. The molecule has 6 aromatic heterocycles. The zero-order chi connectivity index (χ0) is 34.2. The fourth-order valence-corrected chi connectivity index (χ4v) is 12.6. The monoisotopic (exact) mass is 742 g/mol. The lowest BCUT2D eigenvalue weighted by molar-refractivity contribution is 0.638. The Hall–Kier alpha value is -5.38. The van der Waals surface area contributed by atoms with Gasteiger partial charge in [-0.1, -0.05) is 48.5 Å². The molecule has 0 bridgehead atoms. The van der Waals surface area contributed by atoms with Crippen molar-refractivity contribution in [3.05, 3.63) is 133 Å². The van der Waals surface area contributed by atoms with Crippen LogP contribution in [0.2, 0.25) is 0 Å². The summed E-state index contributed by atoms with van der Waals surface area (Å²) in [5, 5.41) is 11.6. The third-order valence-corrected chi connectivity index (χ3v) is 14.9. The third-order valence-electron chi connectivity index (χ3n) is 10.2. The molecule has 0 aliphatic carbocycles. The summed E-state index contributed by atoms with van der Waals surface area (Å²) in [5.41, 5.74) is 0.789. The molecule has 12 rings (SSSR count). The summed E-state index contributed by atoms with van der Waals surface area (Å²) in [6.07, 6.45) is 3.57. The molecule has 0 spiro atoms. The predicted octanol–water partition coefficient (Wildman–Crippen LogP) is 14.7. The quantitative estimate of drug-likeness (QED) is 0.165. The van der Waals surface area contributed by atoms with Gasteiger partial charge in [0.15, 0.2) is 11.6 Å². The van der Waals surface area contributed by atoms with Crippen molar-refractivity contribution in [3.63, 3.8) is 0 Å². The maximum Gasteiger partial charge on any atom is 0.158 e. The number of aromatic nitrogens is 2. The third kappa shape index (κ3) is 4.17. The standard InChI is InChI=1S/C44H20F2N2S4/c45-39-29-11-23-7-3-1-5-21(23)9-27(29)19-47-41(39)37-15-25-13-31-35(17-33(25)49-37)51-44-32-14-26-16-38(50-34(26)18-36(32)52-43(31)44)42-40(46)30-12-24-8-4-2-6-22(24)10-28(30)20-48-42/h1-20H. The maximum atomic E-state index is 16.0. The van der Waals surface area contributed by atoms with Crippen LogP contribution in [0.3, 0.4) is 0 Å². The molecule has 12 aromatic rings. The molecule has 0 aliphatic heterocycles. The second-order valence-corrected chi connectivity index (χ2v) is 17.5. The SMILES string of the molecule is Fc1c(-c2cc3cc4c(cc3s2)sc2c3cc5cc(-c6ncc7cc8ccccc8cc7c6F)sc5cc3sc42)ncc2cc3ccccc3cc12. The zero-order valence-electron chi connectivity index (χ0n) is 26.8.